The van der Waals surface area contributed by atoms with E-state index in [1.54, 1.807) is 10.9 Å². The molecule has 0 radical (unpaired) electrons. The van der Waals surface area contributed by atoms with Gasteiger partial charge in [0.1, 0.15) is 6.10 Å². The lowest BCUT2D eigenvalue weighted by Crippen LogP contribution is -2.09. The fourth-order valence-electron chi connectivity index (χ4n) is 1.76. The minimum absolute atomic E-state index is 0.690. The van der Waals surface area contributed by atoms with Crippen molar-refractivity contribution in [2.24, 2.45) is 0 Å². The third-order valence-electron chi connectivity index (χ3n) is 2.67. The van der Waals surface area contributed by atoms with Gasteiger partial charge in [0.15, 0.2) is 0 Å². The van der Waals surface area contributed by atoms with Crippen molar-refractivity contribution in [2.45, 2.75) is 26.5 Å². The Morgan fingerprint density at radius 3 is 2.94 bits per heavy atom. The van der Waals surface area contributed by atoms with Gasteiger partial charge in [-0.05, 0) is 19.9 Å². The van der Waals surface area contributed by atoms with Crippen LogP contribution in [-0.4, -0.2) is 20.1 Å². The first-order chi connectivity index (χ1) is 8.13. The van der Waals surface area contributed by atoms with Gasteiger partial charge in [0.2, 0.25) is 0 Å². The monoisotopic (exact) mass is 295 g/mol. The van der Waals surface area contributed by atoms with Crippen LogP contribution >= 0.6 is 15.9 Å². The molecule has 0 spiro atoms. The fourth-order valence-corrected chi connectivity index (χ4v) is 2.22. The molecule has 1 N–H and O–H groups in total. The molecule has 0 bridgehead atoms. The van der Waals surface area contributed by atoms with Crippen molar-refractivity contribution in [3.63, 3.8) is 0 Å². The van der Waals surface area contributed by atoms with Gasteiger partial charge in [0, 0.05) is 16.6 Å². The van der Waals surface area contributed by atoms with Crippen LogP contribution in [0.2, 0.25) is 0 Å². The van der Waals surface area contributed by atoms with Crippen molar-refractivity contribution in [1.29, 1.82) is 0 Å². The molecule has 2 aromatic rings. The Labute approximate surface area is 108 Å². The maximum Gasteiger partial charge on any atom is 0.123 e. The van der Waals surface area contributed by atoms with Gasteiger partial charge >= 0.3 is 0 Å². The molecule has 0 fully saturated rings. The number of rotatable bonds is 3. The van der Waals surface area contributed by atoms with Crippen molar-refractivity contribution in [1.82, 2.24) is 15.0 Å². The van der Waals surface area contributed by atoms with E-state index in [1.807, 2.05) is 32.0 Å². The van der Waals surface area contributed by atoms with Crippen molar-refractivity contribution >= 4 is 15.9 Å². The van der Waals surface area contributed by atoms with Gasteiger partial charge in [-0.15, -0.1) is 5.10 Å². The van der Waals surface area contributed by atoms with Gasteiger partial charge in [0.05, 0.1) is 11.9 Å². The second-order valence-corrected chi connectivity index (χ2v) is 4.76. The molecule has 2 rings (SSSR count). The van der Waals surface area contributed by atoms with E-state index < -0.39 is 6.10 Å². The summed E-state index contributed by atoms with van der Waals surface area (Å²) in [6.45, 7) is 4.66. The maximum absolute atomic E-state index is 10.4. The van der Waals surface area contributed by atoms with Crippen LogP contribution in [0, 0.1) is 6.92 Å². The van der Waals surface area contributed by atoms with Gasteiger partial charge in [0.25, 0.3) is 0 Å². The number of nitrogens with zero attached hydrogens (tertiary/aromatic N) is 3. The molecule has 0 aliphatic rings. The molecule has 0 saturated carbocycles. The summed E-state index contributed by atoms with van der Waals surface area (Å²) in [5.41, 5.74) is 2.65. The molecule has 1 unspecified atom stereocenters. The fraction of sp³-hybridized carbons (Fsp3) is 0.333. The highest BCUT2D eigenvalue weighted by molar-refractivity contribution is 9.10. The van der Waals surface area contributed by atoms with Gasteiger partial charge in [-0.3, -0.25) is 0 Å². The summed E-state index contributed by atoms with van der Waals surface area (Å²) >= 11 is 3.45. The summed E-state index contributed by atoms with van der Waals surface area (Å²) in [5, 5.41) is 18.1. The van der Waals surface area contributed by atoms with Gasteiger partial charge in [-0.25, -0.2) is 4.68 Å². The van der Waals surface area contributed by atoms with E-state index in [0.717, 1.165) is 15.6 Å². The predicted molar refractivity (Wildman–Crippen MR) is 68.6 cm³/mol. The van der Waals surface area contributed by atoms with Crippen molar-refractivity contribution in [2.75, 3.05) is 0 Å². The Bertz CT molecular complexity index is 524. The van der Waals surface area contributed by atoms with Gasteiger partial charge < -0.3 is 5.11 Å². The van der Waals surface area contributed by atoms with E-state index in [0.29, 0.717) is 12.2 Å². The van der Waals surface area contributed by atoms with Gasteiger partial charge in [-0.1, -0.05) is 38.8 Å². The highest BCUT2D eigenvalue weighted by atomic mass is 79.9. The molecular weight excluding hydrogens is 282 g/mol. The zero-order chi connectivity index (χ0) is 12.4. The lowest BCUT2D eigenvalue weighted by atomic mass is 10.0. The predicted octanol–water partition coefficient (Wildman–Crippen LogP) is 2.45. The largest absolute Gasteiger partial charge is 0.382 e. The normalized spacial score (nSPS) is 12.7. The van der Waals surface area contributed by atoms with Crippen molar-refractivity contribution in [3.8, 4) is 0 Å². The Morgan fingerprint density at radius 1 is 1.47 bits per heavy atom. The highest BCUT2D eigenvalue weighted by Crippen LogP contribution is 2.28. The summed E-state index contributed by atoms with van der Waals surface area (Å²) in [5.74, 6) is 0. The Balaban J connectivity index is 2.43. The number of halogens is 1. The number of aliphatic hydroxyl groups is 1. The molecule has 0 amide bonds. The van der Waals surface area contributed by atoms with E-state index in [9.17, 15) is 5.11 Å². The maximum atomic E-state index is 10.4. The molecule has 0 aliphatic heterocycles. The lowest BCUT2D eigenvalue weighted by molar-refractivity contribution is 0.207. The molecule has 1 heterocycles. The van der Waals surface area contributed by atoms with Crippen LogP contribution in [0.1, 0.15) is 29.8 Å². The summed E-state index contributed by atoms with van der Waals surface area (Å²) in [6.07, 6.45) is 0.891. The first-order valence-corrected chi connectivity index (χ1v) is 6.25. The summed E-state index contributed by atoms with van der Waals surface area (Å²) in [6, 6.07) is 5.89. The minimum atomic E-state index is -0.709. The second-order valence-electron chi connectivity index (χ2n) is 3.90. The molecular formula is C12H14BrN3O. The van der Waals surface area contributed by atoms with E-state index >= 15 is 0 Å². The molecule has 1 aromatic carbocycles. The highest BCUT2D eigenvalue weighted by Gasteiger charge is 2.18. The zero-order valence-electron chi connectivity index (χ0n) is 9.76. The van der Waals surface area contributed by atoms with Crippen LogP contribution < -0.4 is 0 Å². The number of aliphatic hydroxyl groups excluding tert-OH is 1. The number of aryl methyl sites for hydroxylation is 2. The van der Waals surface area contributed by atoms with Crippen LogP contribution in [0.15, 0.2) is 28.9 Å². The number of hydrogen-bond acceptors (Lipinski definition) is 3. The van der Waals surface area contributed by atoms with Crippen LogP contribution in [0.3, 0.4) is 0 Å². The molecule has 1 atom stereocenters. The quantitative estimate of drug-likeness (QED) is 0.946. The lowest BCUT2D eigenvalue weighted by Gasteiger charge is -2.14. The topological polar surface area (TPSA) is 50.9 Å². The van der Waals surface area contributed by atoms with Crippen LogP contribution in [0.4, 0.5) is 0 Å². The zero-order valence-corrected chi connectivity index (χ0v) is 11.3. The third-order valence-corrected chi connectivity index (χ3v) is 3.40. The summed E-state index contributed by atoms with van der Waals surface area (Å²) in [7, 11) is 0. The Hall–Kier alpha value is -1.20. The van der Waals surface area contributed by atoms with E-state index in [1.165, 1.54) is 0 Å². The molecule has 5 heteroatoms. The van der Waals surface area contributed by atoms with Crippen LogP contribution in [0.5, 0.6) is 0 Å². The molecule has 1 aromatic heterocycles. The molecule has 4 nitrogen and oxygen atoms in total. The second kappa shape index (κ2) is 4.98. The summed E-state index contributed by atoms with van der Waals surface area (Å²) < 4.78 is 2.58. The van der Waals surface area contributed by atoms with Crippen molar-refractivity contribution in [3.05, 3.63) is 45.7 Å². The average molecular weight is 296 g/mol. The summed E-state index contributed by atoms with van der Waals surface area (Å²) in [4.78, 5) is 0. The first-order valence-electron chi connectivity index (χ1n) is 5.46. The average Bonchev–Trinajstić information content (AvgIpc) is 2.79. The minimum Gasteiger partial charge on any atom is -0.382 e. The van der Waals surface area contributed by atoms with Crippen molar-refractivity contribution < 1.29 is 5.11 Å². The van der Waals surface area contributed by atoms with Crippen LogP contribution in [0.25, 0.3) is 0 Å². The smallest absolute Gasteiger partial charge is 0.123 e. The van der Waals surface area contributed by atoms with Gasteiger partial charge in [-0.2, -0.15) is 0 Å². The molecule has 0 saturated heterocycles. The molecule has 90 valence electrons. The Morgan fingerprint density at radius 2 is 2.24 bits per heavy atom. The van der Waals surface area contributed by atoms with Crippen LogP contribution in [-0.2, 0) is 6.54 Å². The number of hydrogen-bond donors (Lipinski definition) is 1. The Kier molecular flexibility index (Phi) is 3.59. The third kappa shape index (κ3) is 2.40. The molecule has 17 heavy (non-hydrogen) atoms. The number of aromatic nitrogens is 3. The van der Waals surface area contributed by atoms with E-state index in [2.05, 4.69) is 26.2 Å². The SMILES string of the molecule is CCn1nncc1C(O)c1cc(C)ccc1Br. The van der Waals surface area contributed by atoms with E-state index in [-0.39, 0.29) is 0 Å². The standard InChI is InChI=1S/C12H14BrN3O/c1-3-16-11(7-14-15-16)12(17)9-6-8(2)4-5-10(9)13/h4-7,12,17H,3H2,1-2H3. The number of benzene rings is 1. The first kappa shape index (κ1) is 12.3. The molecule has 0 aliphatic carbocycles. The van der Waals surface area contributed by atoms with E-state index in [4.69, 9.17) is 0 Å².